The lowest BCUT2D eigenvalue weighted by Gasteiger charge is -2.30. The Balaban J connectivity index is 1.82. The highest BCUT2D eigenvalue weighted by Gasteiger charge is 2.30. The zero-order valence-electron chi connectivity index (χ0n) is 12.2. The van der Waals surface area contributed by atoms with Crippen molar-refractivity contribution in [2.45, 2.75) is 51.2 Å². The normalized spacial score (nSPS) is 21.8. The summed E-state index contributed by atoms with van der Waals surface area (Å²) in [6, 6.07) is 1.93. The average Bonchev–Trinajstić information content (AvgIpc) is 2.33. The predicted octanol–water partition coefficient (Wildman–Crippen LogP) is 1.52. The fraction of sp³-hybridized carbons (Fsp3) is 0.714. The maximum absolute atomic E-state index is 9.36. The maximum atomic E-state index is 9.36. The minimum absolute atomic E-state index is 0.194. The van der Waals surface area contributed by atoms with Crippen molar-refractivity contribution in [2.75, 3.05) is 24.2 Å². The van der Waals surface area contributed by atoms with Crippen molar-refractivity contribution in [1.29, 1.82) is 0 Å². The molecule has 4 N–H and O–H groups in total. The summed E-state index contributed by atoms with van der Waals surface area (Å²) >= 11 is 0. The highest BCUT2D eigenvalue weighted by atomic mass is 16.5. The number of nitrogen functional groups attached to an aromatic ring is 1. The smallest absolute Gasteiger partial charge is 0.222 e. The van der Waals surface area contributed by atoms with E-state index in [1.807, 2.05) is 19.9 Å². The van der Waals surface area contributed by atoms with Gasteiger partial charge in [0.15, 0.2) is 0 Å². The van der Waals surface area contributed by atoms with Crippen LogP contribution in [-0.4, -0.2) is 40.4 Å². The number of aliphatic hydroxyl groups excluding tert-OH is 1. The number of rotatable bonds is 7. The maximum Gasteiger partial charge on any atom is 0.222 e. The molecule has 0 atom stereocenters. The Morgan fingerprint density at radius 1 is 1.45 bits per heavy atom. The van der Waals surface area contributed by atoms with E-state index >= 15 is 0 Å². The first-order valence-electron chi connectivity index (χ1n) is 7.22. The molecule has 1 aromatic heterocycles. The molecule has 6 nitrogen and oxygen atoms in total. The van der Waals surface area contributed by atoms with E-state index in [9.17, 15) is 5.11 Å². The fourth-order valence-corrected chi connectivity index (χ4v) is 2.22. The monoisotopic (exact) mass is 280 g/mol. The number of hydrogen-bond acceptors (Lipinski definition) is 6. The van der Waals surface area contributed by atoms with E-state index in [0.29, 0.717) is 5.92 Å². The van der Waals surface area contributed by atoms with Crippen molar-refractivity contribution >= 4 is 11.8 Å². The molecule has 0 aromatic carbocycles. The Bertz CT molecular complexity index is 433. The first-order chi connectivity index (χ1) is 9.54. The molecule has 0 saturated heterocycles. The summed E-state index contributed by atoms with van der Waals surface area (Å²) in [5.74, 6) is 1.34. The van der Waals surface area contributed by atoms with Crippen molar-refractivity contribution in [3.05, 3.63) is 11.8 Å². The SMILES string of the molecule is CC(C)OCCCNc1cc(C2CC(O)C2)nc(N)n1. The molecule has 1 fully saturated rings. The fourth-order valence-electron chi connectivity index (χ4n) is 2.22. The molecule has 1 aliphatic rings. The van der Waals surface area contributed by atoms with Gasteiger partial charge in [0.2, 0.25) is 5.95 Å². The minimum Gasteiger partial charge on any atom is -0.393 e. The predicted molar refractivity (Wildman–Crippen MR) is 78.6 cm³/mol. The Labute approximate surface area is 119 Å². The van der Waals surface area contributed by atoms with Crippen LogP contribution in [0.1, 0.15) is 44.7 Å². The Hall–Kier alpha value is -1.40. The van der Waals surface area contributed by atoms with E-state index in [2.05, 4.69) is 15.3 Å². The summed E-state index contributed by atoms with van der Waals surface area (Å²) in [6.45, 7) is 5.57. The van der Waals surface area contributed by atoms with E-state index in [0.717, 1.165) is 43.9 Å². The number of ether oxygens (including phenoxy) is 1. The number of nitrogens with one attached hydrogen (secondary N) is 1. The third-order valence-corrected chi connectivity index (χ3v) is 3.37. The molecular weight excluding hydrogens is 256 g/mol. The summed E-state index contributed by atoms with van der Waals surface area (Å²) in [6.07, 6.45) is 2.51. The lowest BCUT2D eigenvalue weighted by molar-refractivity contribution is 0.0732. The van der Waals surface area contributed by atoms with Crippen molar-refractivity contribution in [3.8, 4) is 0 Å². The van der Waals surface area contributed by atoms with Crippen molar-refractivity contribution in [1.82, 2.24) is 9.97 Å². The van der Waals surface area contributed by atoms with Gasteiger partial charge in [0.25, 0.3) is 0 Å². The summed E-state index contributed by atoms with van der Waals surface area (Å²) in [7, 11) is 0. The third kappa shape index (κ3) is 4.31. The molecule has 0 bridgehead atoms. The molecule has 1 saturated carbocycles. The zero-order valence-corrected chi connectivity index (χ0v) is 12.2. The number of nitrogens with zero attached hydrogens (tertiary/aromatic N) is 2. The van der Waals surface area contributed by atoms with Crippen LogP contribution in [0.2, 0.25) is 0 Å². The highest BCUT2D eigenvalue weighted by molar-refractivity contribution is 5.41. The Morgan fingerprint density at radius 2 is 2.20 bits per heavy atom. The van der Waals surface area contributed by atoms with Crippen LogP contribution in [0.25, 0.3) is 0 Å². The van der Waals surface area contributed by atoms with Gasteiger partial charge in [-0.2, -0.15) is 4.98 Å². The summed E-state index contributed by atoms with van der Waals surface area (Å²) in [5, 5.41) is 12.6. The molecule has 0 amide bonds. The third-order valence-electron chi connectivity index (χ3n) is 3.37. The van der Waals surface area contributed by atoms with Gasteiger partial charge in [-0.05, 0) is 33.1 Å². The van der Waals surface area contributed by atoms with Gasteiger partial charge in [0.05, 0.1) is 17.9 Å². The van der Waals surface area contributed by atoms with E-state index < -0.39 is 0 Å². The molecule has 2 rings (SSSR count). The average molecular weight is 280 g/mol. The summed E-state index contributed by atoms with van der Waals surface area (Å²) < 4.78 is 5.48. The van der Waals surface area contributed by atoms with Crippen molar-refractivity contribution < 1.29 is 9.84 Å². The van der Waals surface area contributed by atoms with E-state index in [1.165, 1.54) is 0 Å². The molecule has 1 heterocycles. The van der Waals surface area contributed by atoms with Crippen LogP contribution < -0.4 is 11.1 Å². The largest absolute Gasteiger partial charge is 0.393 e. The van der Waals surface area contributed by atoms with E-state index in [4.69, 9.17) is 10.5 Å². The lowest BCUT2D eigenvalue weighted by atomic mass is 9.80. The van der Waals surface area contributed by atoms with Crippen LogP contribution in [0.4, 0.5) is 11.8 Å². The second-order valence-corrected chi connectivity index (χ2v) is 5.56. The second-order valence-electron chi connectivity index (χ2n) is 5.56. The molecule has 112 valence electrons. The zero-order chi connectivity index (χ0) is 14.5. The molecule has 0 aliphatic heterocycles. The quantitative estimate of drug-likeness (QED) is 0.656. The molecule has 6 heteroatoms. The Kier molecular flexibility index (Phi) is 5.14. The van der Waals surface area contributed by atoms with Gasteiger partial charge in [0, 0.05) is 25.1 Å². The molecule has 20 heavy (non-hydrogen) atoms. The molecule has 0 unspecified atom stereocenters. The van der Waals surface area contributed by atoms with Crippen LogP contribution in [-0.2, 0) is 4.74 Å². The minimum atomic E-state index is -0.194. The van der Waals surface area contributed by atoms with Crippen LogP contribution in [0.5, 0.6) is 0 Å². The number of aliphatic hydroxyl groups is 1. The summed E-state index contributed by atoms with van der Waals surface area (Å²) in [5.41, 5.74) is 6.65. The van der Waals surface area contributed by atoms with Crippen LogP contribution in [0.15, 0.2) is 6.07 Å². The van der Waals surface area contributed by atoms with Gasteiger partial charge in [-0.15, -0.1) is 0 Å². The van der Waals surface area contributed by atoms with Crippen molar-refractivity contribution in [2.24, 2.45) is 0 Å². The van der Waals surface area contributed by atoms with Gasteiger partial charge in [-0.1, -0.05) is 0 Å². The number of aromatic nitrogens is 2. The Morgan fingerprint density at radius 3 is 2.85 bits per heavy atom. The highest BCUT2D eigenvalue weighted by Crippen LogP contribution is 2.36. The van der Waals surface area contributed by atoms with Gasteiger partial charge in [-0.25, -0.2) is 4.98 Å². The van der Waals surface area contributed by atoms with Gasteiger partial charge < -0.3 is 20.9 Å². The van der Waals surface area contributed by atoms with Gasteiger partial charge in [-0.3, -0.25) is 0 Å². The molecule has 1 aromatic rings. The van der Waals surface area contributed by atoms with Crippen molar-refractivity contribution in [3.63, 3.8) is 0 Å². The van der Waals surface area contributed by atoms with Crippen LogP contribution in [0.3, 0.4) is 0 Å². The molecule has 0 spiro atoms. The van der Waals surface area contributed by atoms with E-state index in [-0.39, 0.29) is 18.2 Å². The second kappa shape index (κ2) is 6.85. The van der Waals surface area contributed by atoms with Gasteiger partial charge >= 0.3 is 0 Å². The molecule has 1 aliphatic carbocycles. The molecular formula is C14H24N4O2. The van der Waals surface area contributed by atoms with Gasteiger partial charge in [0.1, 0.15) is 5.82 Å². The molecule has 0 radical (unpaired) electrons. The standard InChI is InChI=1S/C14H24N4O2/c1-9(2)20-5-3-4-16-13-8-12(17-14(15)18-13)10-6-11(19)7-10/h8-11,19H,3-7H2,1-2H3,(H3,15,16,17,18). The van der Waals surface area contributed by atoms with E-state index in [1.54, 1.807) is 0 Å². The first kappa shape index (κ1) is 15.0. The number of hydrogen-bond donors (Lipinski definition) is 3. The first-order valence-corrected chi connectivity index (χ1v) is 7.22. The number of nitrogens with two attached hydrogens (primary N) is 1. The van der Waals surface area contributed by atoms with Crippen LogP contribution >= 0.6 is 0 Å². The lowest BCUT2D eigenvalue weighted by Crippen LogP contribution is -2.27. The summed E-state index contributed by atoms with van der Waals surface area (Å²) in [4.78, 5) is 8.43. The topological polar surface area (TPSA) is 93.3 Å². The van der Waals surface area contributed by atoms with Crippen LogP contribution in [0, 0.1) is 0 Å². The number of anilines is 2.